The van der Waals surface area contributed by atoms with Crippen molar-refractivity contribution in [1.29, 1.82) is 0 Å². The number of ether oxygens (including phenoxy) is 2. The van der Waals surface area contributed by atoms with Crippen molar-refractivity contribution < 1.29 is 14.3 Å². The van der Waals surface area contributed by atoms with Crippen LogP contribution in [0.25, 0.3) is 0 Å². The second-order valence-electron chi connectivity index (χ2n) is 2.60. The molecule has 2 N–H and O–H groups in total. The van der Waals surface area contributed by atoms with Crippen molar-refractivity contribution in [2.75, 3.05) is 6.61 Å². The highest BCUT2D eigenvalue weighted by Crippen LogP contribution is 2.03. The van der Waals surface area contributed by atoms with E-state index in [1.165, 1.54) is 0 Å². The van der Waals surface area contributed by atoms with E-state index in [0.717, 1.165) is 5.57 Å². The monoisotopic (exact) mass is 185 g/mol. The van der Waals surface area contributed by atoms with Crippen molar-refractivity contribution in [2.45, 2.75) is 20.3 Å². The minimum absolute atomic E-state index is 0.137. The summed E-state index contributed by atoms with van der Waals surface area (Å²) >= 11 is 0. The average Bonchev–Trinajstić information content (AvgIpc) is 1.99. The predicted molar refractivity (Wildman–Crippen MR) is 49.8 cm³/mol. The van der Waals surface area contributed by atoms with Crippen LogP contribution in [-0.2, 0) is 9.47 Å². The molecule has 4 heteroatoms. The molecule has 0 atom stereocenters. The zero-order chi connectivity index (χ0) is 10.3. The lowest BCUT2D eigenvalue weighted by Gasteiger charge is -2.08. The van der Waals surface area contributed by atoms with E-state index >= 15 is 0 Å². The number of amides is 1. The first-order valence-electron chi connectivity index (χ1n) is 4.00. The van der Waals surface area contributed by atoms with Crippen LogP contribution in [-0.4, -0.2) is 12.7 Å². The Morgan fingerprint density at radius 2 is 2.23 bits per heavy atom. The zero-order valence-corrected chi connectivity index (χ0v) is 8.00. The summed E-state index contributed by atoms with van der Waals surface area (Å²) in [6.45, 7) is 7.67. The Bertz CT molecular complexity index is 221. The van der Waals surface area contributed by atoms with Gasteiger partial charge in [-0.25, -0.2) is 4.79 Å². The number of primary amides is 1. The van der Waals surface area contributed by atoms with Crippen molar-refractivity contribution in [3.63, 3.8) is 0 Å². The SMILES string of the molecule is C=C(C)CO/C(=C/CC)OC(N)=O. The van der Waals surface area contributed by atoms with Crippen molar-refractivity contribution in [1.82, 2.24) is 0 Å². The Morgan fingerprint density at radius 1 is 1.62 bits per heavy atom. The van der Waals surface area contributed by atoms with Gasteiger partial charge >= 0.3 is 6.09 Å². The number of hydrogen-bond acceptors (Lipinski definition) is 3. The molecule has 13 heavy (non-hydrogen) atoms. The maximum Gasteiger partial charge on any atom is 0.412 e. The second-order valence-corrected chi connectivity index (χ2v) is 2.60. The summed E-state index contributed by atoms with van der Waals surface area (Å²) in [6, 6.07) is 0. The zero-order valence-electron chi connectivity index (χ0n) is 8.00. The van der Waals surface area contributed by atoms with Crippen LogP contribution in [0, 0.1) is 0 Å². The molecule has 0 fully saturated rings. The van der Waals surface area contributed by atoms with E-state index in [2.05, 4.69) is 11.3 Å². The fourth-order valence-electron chi connectivity index (χ4n) is 0.590. The van der Waals surface area contributed by atoms with Crippen LogP contribution in [0.5, 0.6) is 0 Å². The molecule has 0 aromatic carbocycles. The predicted octanol–water partition coefficient (Wildman–Crippen LogP) is 1.93. The Hall–Kier alpha value is -1.45. The highest BCUT2D eigenvalue weighted by atomic mass is 16.7. The second kappa shape index (κ2) is 6.11. The van der Waals surface area contributed by atoms with E-state index < -0.39 is 6.09 Å². The van der Waals surface area contributed by atoms with Gasteiger partial charge in [-0.05, 0) is 25.0 Å². The smallest absolute Gasteiger partial charge is 0.412 e. The average molecular weight is 185 g/mol. The molecule has 0 aliphatic rings. The highest BCUT2D eigenvalue weighted by Gasteiger charge is 2.02. The van der Waals surface area contributed by atoms with Crippen LogP contribution in [0.2, 0.25) is 0 Å². The van der Waals surface area contributed by atoms with E-state index in [-0.39, 0.29) is 5.95 Å². The summed E-state index contributed by atoms with van der Waals surface area (Å²) in [4.78, 5) is 10.4. The fourth-order valence-corrected chi connectivity index (χ4v) is 0.590. The Balaban J connectivity index is 4.03. The Morgan fingerprint density at radius 3 is 2.62 bits per heavy atom. The summed E-state index contributed by atoms with van der Waals surface area (Å²) in [7, 11) is 0. The first-order valence-corrected chi connectivity index (χ1v) is 4.00. The third-order valence-corrected chi connectivity index (χ3v) is 1.03. The minimum Gasteiger partial charge on any atom is -0.461 e. The molecule has 0 radical (unpaired) electrons. The highest BCUT2D eigenvalue weighted by molar-refractivity contribution is 5.65. The lowest BCUT2D eigenvalue weighted by atomic mass is 10.4. The van der Waals surface area contributed by atoms with E-state index in [1.54, 1.807) is 6.08 Å². The molecule has 0 saturated heterocycles. The number of rotatable bonds is 5. The quantitative estimate of drug-likeness (QED) is 0.525. The molecular weight excluding hydrogens is 170 g/mol. The number of hydrogen-bond donors (Lipinski definition) is 1. The van der Waals surface area contributed by atoms with Gasteiger partial charge in [0.25, 0.3) is 5.95 Å². The summed E-state index contributed by atoms with van der Waals surface area (Å²) in [5.74, 6) is 0.137. The van der Waals surface area contributed by atoms with Gasteiger partial charge in [-0.15, -0.1) is 0 Å². The van der Waals surface area contributed by atoms with Gasteiger partial charge in [-0.1, -0.05) is 13.5 Å². The van der Waals surface area contributed by atoms with Gasteiger partial charge in [-0.2, -0.15) is 0 Å². The first kappa shape index (κ1) is 11.6. The summed E-state index contributed by atoms with van der Waals surface area (Å²) in [6.07, 6.45) is 1.47. The van der Waals surface area contributed by atoms with Gasteiger partial charge < -0.3 is 15.2 Å². The number of allylic oxidation sites excluding steroid dienone is 1. The molecule has 1 amide bonds. The molecule has 0 heterocycles. The molecule has 74 valence electrons. The van der Waals surface area contributed by atoms with Crippen molar-refractivity contribution >= 4 is 6.09 Å². The first-order chi connectivity index (χ1) is 6.06. The molecule has 0 saturated carbocycles. The van der Waals surface area contributed by atoms with Crippen LogP contribution in [0.3, 0.4) is 0 Å². The van der Waals surface area contributed by atoms with Crippen molar-refractivity contribution in [3.8, 4) is 0 Å². The van der Waals surface area contributed by atoms with Gasteiger partial charge in [0.1, 0.15) is 6.61 Å². The van der Waals surface area contributed by atoms with E-state index in [0.29, 0.717) is 13.0 Å². The van der Waals surface area contributed by atoms with Crippen LogP contribution in [0.4, 0.5) is 4.79 Å². The van der Waals surface area contributed by atoms with E-state index in [4.69, 9.17) is 10.5 Å². The van der Waals surface area contributed by atoms with Crippen LogP contribution in [0.1, 0.15) is 20.3 Å². The van der Waals surface area contributed by atoms with E-state index in [9.17, 15) is 4.79 Å². The molecule has 0 aliphatic heterocycles. The van der Waals surface area contributed by atoms with Crippen molar-refractivity contribution in [3.05, 3.63) is 24.2 Å². The molecule has 0 bridgehead atoms. The number of carbonyl (C=O) groups excluding carboxylic acids is 1. The minimum atomic E-state index is -0.874. The fraction of sp³-hybridized carbons (Fsp3) is 0.444. The lowest BCUT2D eigenvalue weighted by Crippen LogP contribution is -2.14. The van der Waals surface area contributed by atoms with E-state index in [1.807, 2.05) is 13.8 Å². The van der Waals surface area contributed by atoms with Gasteiger partial charge in [0.05, 0.1) is 0 Å². The van der Waals surface area contributed by atoms with Crippen LogP contribution in [0.15, 0.2) is 24.2 Å². The molecule has 0 aromatic rings. The maximum absolute atomic E-state index is 10.4. The molecule has 0 unspecified atom stereocenters. The maximum atomic E-state index is 10.4. The van der Waals surface area contributed by atoms with Crippen molar-refractivity contribution in [2.24, 2.45) is 5.73 Å². The van der Waals surface area contributed by atoms with Crippen LogP contribution < -0.4 is 5.73 Å². The third kappa shape index (κ3) is 6.93. The molecular formula is C9H15NO3. The lowest BCUT2D eigenvalue weighted by molar-refractivity contribution is 0.0807. The molecule has 0 spiro atoms. The molecule has 0 rings (SSSR count). The molecule has 0 aromatic heterocycles. The topological polar surface area (TPSA) is 61.6 Å². The Kier molecular flexibility index (Phi) is 5.43. The third-order valence-electron chi connectivity index (χ3n) is 1.03. The Labute approximate surface area is 78.0 Å². The summed E-state index contributed by atoms with van der Waals surface area (Å²) in [5, 5.41) is 0. The normalized spacial score (nSPS) is 10.8. The standard InChI is InChI=1S/C9H15NO3/c1-4-5-8(13-9(10)11)12-6-7(2)3/h5H,2,4,6H2,1,3H3,(H2,10,11)/b8-5-. The van der Waals surface area contributed by atoms with Crippen LogP contribution >= 0.6 is 0 Å². The summed E-state index contributed by atoms with van der Waals surface area (Å²) < 4.78 is 9.67. The van der Waals surface area contributed by atoms with Gasteiger partial charge in [-0.3, -0.25) is 0 Å². The largest absolute Gasteiger partial charge is 0.461 e. The molecule has 4 nitrogen and oxygen atoms in total. The molecule has 0 aliphatic carbocycles. The van der Waals surface area contributed by atoms with Gasteiger partial charge in [0, 0.05) is 0 Å². The number of carbonyl (C=O) groups is 1. The van der Waals surface area contributed by atoms with Gasteiger partial charge in [0.2, 0.25) is 0 Å². The number of nitrogens with two attached hydrogens (primary N) is 1. The summed E-state index contributed by atoms with van der Waals surface area (Å²) in [5.41, 5.74) is 5.67. The van der Waals surface area contributed by atoms with Gasteiger partial charge in [0.15, 0.2) is 0 Å².